The maximum Gasteiger partial charge on any atom is 0.261 e. The lowest BCUT2D eigenvalue weighted by atomic mass is 10.2. The first kappa shape index (κ1) is 20.3. The number of hydrogen-bond acceptors (Lipinski definition) is 4. The highest BCUT2D eigenvalue weighted by atomic mass is 16.5. The Hall–Kier alpha value is -3.93. The molecule has 1 heterocycles. The summed E-state index contributed by atoms with van der Waals surface area (Å²) in [6, 6.07) is 24.5. The second-order valence-electron chi connectivity index (χ2n) is 7.21. The van der Waals surface area contributed by atoms with Gasteiger partial charge in [0, 0.05) is 18.7 Å². The molecule has 0 aliphatic heterocycles. The van der Waals surface area contributed by atoms with Crippen LogP contribution in [0.3, 0.4) is 0 Å². The summed E-state index contributed by atoms with van der Waals surface area (Å²) >= 11 is 0. The molecule has 0 aliphatic rings. The van der Waals surface area contributed by atoms with E-state index in [0.29, 0.717) is 42.6 Å². The van der Waals surface area contributed by atoms with Gasteiger partial charge in [0.1, 0.15) is 12.4 Å². The zero-order chi connectivity index (χ0) is 21.5. The van der Waals surface area contributed by atoms with Gasteiger partial charge in [-0.3, -0.25) is 14.2 Å². The molecule has 3 aromatic carbocycles. The van der Waals surface area contributed by atoms with Gasteiger partial charge in [0.2, 0.25) is 5.91 Å². The third-order valence-electron chi connectivity index (χ3n) is 4.92. The van der Waals surface area contributed by atoms with Gasteiger partial charge in [-0.1, -0.05) is 42.5 Å². The van der Waals surface area contributed by atoms with E-state index in [4.69, 9.17) is 4.74 Å². The molecule has 0 bridgehead atoms. The molecule has 1 N–H and O–H groups in total. The Morgan fingerprint density at radius 3 is 2.48 bits per heavy atom. The summed E-state index contributed by atoms with van der Waals surface area (Å²) < 4.78 is 7.31. The van der Waals surface area contributed by atoms with Crippen molar-refractivity contribution < 1.29 is 9.53 Å². The van der Waals surface area contributed by atoms with Crippen LogP contribution in [0, 0.1) is 0 Å². The molecular formula is C25H23N3O3. The normalized spacial score (nSPS) is 10.7. The van der Waals surface area contributed by atoms with Crippen molar-refractivity contribution in [3.05, 3.63) is 101 Å². The Morgan fingerprint density at radius 1 is 0.935 bits per heavy atom. The van der Waals surface area contributed by atoms with Gasteiger partial charge in [-0.25, -0.2) is 4.98 Å². The van der Waals surface area contributed by atoms with Crippen LogP contribution in [0.25, 0.3) is 10.9 Å². The van der Waals surface area contributed by atoms with E-state index < -0.39 is 0 Å². The number of ether oxygens (including phenoxy) is 1. The molecule has 4 aromatic rings. The highest BCUT2D eigenvalue weighted by Gasteiger charge is 2.06. The first-order valence-corrected chi connectivity index (χ1v) is 10.2. The predicted octanol–water partition coefficient (Wildman–Crippen LogP) is 4.39. The highest BCUT2D eigenvalue weighted by molar-refractivity contribution is 5.90. The molecule has 6 nitrogen and oxygen atoms in total. The van der Waals surface area contributed by atoms with E-state index in [-0.39, 0.29) is 11.5 Å². The number of benzene rings is 3. The van der Waals surface area contributed by atoms with E-state index in [1.54, 1.807) is 10.6 Å². The summed E-state index contributed by atoms with van der Waals surface area (Å²) in [7, 11) is 0. The number of nitrogens with zero attached hydrogens (tertiary/aromatic N) is 2. The third-order valence-corrected chi connectivity index (χ3v) is 4.92. The summed E-state index contributed by atoms with van der Waals surface area (Å²) in [4.78, 5) is 29.0. The molecule has 0 fully saturated rings. The van der Waals surface area contributed by atoms with Gasteiger partial charge in [-0.05, 0) is 48.4 Å². The van der Waals surface area contributed by atoms with E-state index in [0.717, 1.165) is 11.3 Å². The van der Waals surface area contributed by atoms with Gasteiger partial charge >= 0.3 is 0 Å². The van der Waals surface area contributed by atoms with Gasteiger partial charge in [0.25, 0.3) is 5.56 Å². The van der Waals surface area contributed by atoms with Crippen molar-refractivity contribution >= 4 is 22.5 Å². The number of carbonyl (C=O) groups excluding carboxylic acids is 1. The minimum Gasteiger partial charge on any atom is -0.489 e. The highest BCUT2D eigenvalue weighted by Crippen LogP contribution is 2.17. The molecule has 0 saturated carbocycles. The second-order valence-corrected chi connectivity index (χ2v) is 7.21. The lowest BCUT2D eigenvalue weighted by Crippen LogP contribution is -2.21. The lowest BCUT2D eigenvalue weighted by molar-refractivity contribution is -0.116. The van der Waals surface area contributed by atoms with Crippen LogP contribution < -0.4 is 15.6 Å². The fraction of sp³-hybridized carbons (Fsp3) is 0.160. The number of fused-ring (bicyclic) bond motifs is 1. The fourth-order valence-electron chi connectivity index (χ4n) is 3.27. The number of aromatic nitrogens is 2. The largest absolute Gasteiger partial charge is 0.489 e. The van der Waals surface area contributed by atoms with Gasteiger partial charge in [0.05, 0.1) is 17.2 Å². The summed E-state index contributed by atoms with van der Waals surface area (Å²) in [5.41, 5.74) is 2.40. The van der Waals surface area contributed by atoms with E-state index in [2.05, 4.69) is 10.3 Å². The molecule has 156 valence electrons. The number of aryl methyl sites for hydroxylation is 1. The Balaban J connectivity index is 1.25. The maximum atomic E-state index is 12.5. The standard InChI is InChI=1S/C25H23N3O3/c29-24(11-6-16-28-18-26-23-10-5-4-9-22(23)25(28)30)27-20-12-14-21(15-13-20)31-17-19-7-2-1-3-8-19/h1-5,7-10,12-15,18H,6,11,16-17H2,(H,27,29). The van der Waals surface area contributed by atoms with Crippen LogP contribution in [-0.2, 0) is 17.9 Å². The predicted molar refractivity (Wildman–Crippen MR) is 121 cm³/mol. The molecule has 0 saturated heterocycles. The van der Waals surface area contributed by atoms with Crippen molar-refractivity contribution in [1.82, 2.24) is 9.55 Å². The summed E-state index contributed by atoms with van der Waals surface area (Å²) in [6.45, 7) is 0.936. The smallest absolute Gasteiger partial charge is 0.261 e. The maximum absolute atomic E-state index is 12.5. The molecular weight excluding hydrogens is 390 g/mol. The summed E-state index contributed by atoms with van der Waals surface area (Å²) in [5.74, 6) is 0.643. The van der Waals surface area contributed by atoms with Crippen molar-refractivity contribution in [3.8, 4) is 5.75 Å². The minimum atomic E-state index is -0.0975. The van der Waals surface area contributed by atoms with E-state index in [9.17, 15) is 9.59 Å². The van der Waals surface area contributed by atoms with Gasteiger partial charge in [0.15, 0.2) is 0 Å². The van der Waals surface area contributed by atoms with E-state index >= 15 is 0 Å². The van der Waals surface area contributed by atoms with Crippen molar-refractivity contribution in [2.75, 3.05) is 5.32 Å². The monoisotopic (exact) mass is 413 g/mol. The molecule has 4 rings (SSSR count). The molecule has 0 atom stereocenters. The molecule has 0 radical (unpaired) electrons. The topological polar surface area (TPSA) is 73.2 Å². The number of carbonyl (C=O) groups is 1. The average Bonchev–Trinajstić information content (AvgIpc) is 2.81. The van der Waals surface area contributed by atoms with E-state index in [1.165, 1.54) is 6.33 Å². The number of amides is 1. The number of nitrogens with one attached hydrogen (secondary N) is 1. The molecule has 1 amide bonds. The third kappa shape index (κ3) is 5.36. The van der Waals surface area contributed by atoms with Crippen LogP contribution in [0.1, 0.15) is 18.4 Å². The van der Waals surface area contributed by atoms with Gasteiger partial charge in [-0.2, -0.15) is 0 Å². The second kappa shape index (κ2) is 9.71. The van der Waals surface area contributed by atoms with Gasteiger partial charge in [-0.15, -0.1) is 0 Å². The van der Waals surface area contributed by atoms with E-state index in [1.807, 2.05) is 72.8 Å². The number of anilines is 1. The van der Waals surface area contributed by atoms with Crippen LogP contribution in [0.5, 0.6) is 5.75 Å². The van der Waals surface area contributed by atoms with Crippen LogP contribution in [-0.4, -0.2) is 15.5 Å². The minimum absolute atomic E-state index is 0.0860. The van der Waals surface area contributed by atoms with Crippen LogP contribution in [0.4, 0.5) is 5.69 Å². The first-order valence-electron chi connectivity index (χ1n) is 10.2. The Morgan fingerprint density at radius 2 is 1.68 bits per heavy atom. The number of para-hydroxylation sites is 1. The Kier molecular flexibility index (Phi) is 6.38. The molecule has 1 aromatic heterocycles. The van der Waals surface area contributed by atoms with Gasteiger partial charge < -0.3 is 10.1 Å². The summed E-state index contributed by atoms with van der Waals surface area (Å²) in [6.07, 6.45) is 2.40. The number of hydrogen-bond donors (Lipinski definition) is 1. The molecule has 0 spiro atoms. The molecule has 6 heteroatoms. The lowest BCUT2D eigenvalue weighted by Gasteiger charge is -2.09. The SMILES string of the molecule is O=C(CCCn1cnc2ccccc2c1=O)Nc1ccc(OCc2ccccc2)cc1. The Bertz CT molecular complexity index is 1220. The fourth-order valence-corrected chi connectivity index (χ4v) is 3.27. The van der Waals surface area contributed by atoms with Crippen molar-refractivity contribution in [1.29, 1.82) is 0 Å². The zero-order valence-electron chi connectivity index (χ0n) is 17.0. The van der Waals surface area contributed by atoms with Crippen LogP contribution in [0.15, 0.2) is 90.0 Å². The zero-order valence-corrected chi connectivity index (χ0v) is 17.0. The molecule has 0 unspecified atom stereocenters. The molecule has 31 heavy (non-hydrogen) atoms. The van der Waals surface area contributed by atoms with Crippen LogP contribution in [0.2, 0.25) is 0 Å². The number of rotatable bonds is 8. The Labute approximate surface area is 180 Å². The summed E-state index contributed by atoms with van der Waals surface area (Å²) in [5, 5.41) is 3.46. The average molecular weight is 413 g/mol. The van der Waals surface area contributed by atoms with Crippen molar-refractivity contribution in [2.24, 2.45) is 0 Å². The quantitative estimate of drug-likeness (QED) is 0.465. The van der Waals surface area contributed by atoms with Crippen molar-refractivity contribution in [2.45, 2.75) is 26.0 Å². The molecule has 0 aliphatic carbocycles. The van der Waals surface area contributed by atoms with Crippen molar-refractivity contribution in [3.63, 3.8) is 0 Å². The first-order chi connectivity index (χ1) is 15.2. The van der Waals surface area contributed by atoms with Crippen LogP contribution >= 0.6 is 0 Å².